The van der Waals surface area contributed by atoms with Gasteiger partial charge in [-0.2, -0.15) is 0 Å². The number of rotatable bonds is 7. The Morgan fingerprint density at radius 2 is 1.94 bits per heavy atom. The molecule has 0 aliphatic heterocycles. The molecule has 0 aliphatic rings. The van der Waals surface area contributed by atoms with E-state index in [0.717, 1.165) is 26.1 Å². The molecule has 0 aliphatic carbocycles. The van der Waals surface area contributed by atoms with Crippen molar-refractivity contribution in [1.82, 2.24) is 4.90 Å². The van der Waals surface area contributed by atoms with Crippen molar-refractivity contribution < 1.29 is 0 Å². The molecule has 0 amide bonds. The molecule has 17 heavy (non-hydrogen) atoms. The highest BCUT2D eigenvalue weighted by Crippen LogP contribution is 2.15. The van der Waals surface area contributed by atoms with Crippen LogP contribution in [-0.4, -0.2) is 24.0 Å². The van der Waals surface area contributed by atoms with Gasteiger partial charge in [0.15, 0.2) is 0 Å². The third-order valence-corrected chi connectivity index (χ3v) is 3.53. The molecule has 0 saturated carbocycles. The lowest BCUT2D eigenvalue weighted by molar-refractivity contribution is 0.184. The second kappa shape index (κ2) is 7.46. The molecule has 1 rings (SSSR count). The lowest BCUT2D eigenvalue weighted by atomic mass is 10.1. The van der Waals surface area contributed by atoms with Crippen LogP contribution in [-0.2, 0) is 6.54 Å². The Labute approximate surface area is 106 Å². The maximum atomic E-state index is 5.69. The van der Waals surface area contributed by atoms with E-state index in [9.17, 15) is 0 Å². The minimum absolute atomic E-state index is 0.615. The van der Waals surface area contributed by atoms with Gasteiger partial charge in [0.05, 0.1) is 0 Å². The summed E-state index contributed by atoms with van der Waals surface area (Å²) in [6, 6.07) is 9.26. The Kier molecular flexibility index (Phi) is 6.23. The highest BCUT2D eigenvalue weighted by atomic mass is 15.1. The van der Waals surface area contributed by atoms with Crippen molar-refractivity contribution in [2.45, 2.75) is 46.2 Å². The molecule has 0 heterocycles. The fourth-order valence-corrected chi connectivity index (χ4v) is 2.34. The van der Waals surface area contributed by atoms with Crippen LogP contribution in [0, 0.1) is 6.92 Å². The van der Waals surface area contributed by atoms with Crippen molar-refractivity contribution in [2.24, 2.45) is 5.73 Å². The molecule has 1 aromatic rings. The van der Waals surface area contributed by atoms with Crippen LogP contribution in [0.3, 0.4) is 0 Å². The summed E-state index contributed by atoms with van der Waals surface area (Å²) in [5.41, 5.74) is 8.51. The summed E-state index contributed by atoms with van der Waals surface area (Å²) in [5.74, 6) is 0. The topological polar surface area (TPSA) is 29.3 Å². The lowest BCUT2D eigenvalue weighted by Crippen LogP contribution is -2.36. The molecule has 0 saturated heterocycles. The fourth-order valence-electron chi connectivity index (χ4n) is 2.34. The number of nitrogens with zero attached hydrogens (tertiary/aromatic N) is 1. The lowest BCUT2D eigenvalue weighted by Gasteiger charge is -2.30. The quantitative estimate of drug-likeness (QED) is 0.786. The SMILES string of the molecule is CCC(CCN)N(CC)Cc1ccccc1C. The van der Waals surface area contributed by atoms with E-state index in [1.54, 1.807) is 0 Å². The monoisotopic (exact) mass is 234 g/mol. The van der Waals surface area contributed by atoms with Crippen LogP contribution < -0.4 is 5.73 Å². The van der Waals surface area contributed by atoms with Gasteiger partial charge in [0, 0.05) is 12.6 Å². The Hall–Kier alpha value is -0.860. The van der Waals surface area contributed by atoms with Crippen LogP contribution in [0.1, 0.15) is 37.8 Å². The molecule has 1 atom stereocenters. The van der Waals surface area contributed by atoms with Crippen molar-refractivity contribution in [2.75, 3.05) is 13.1 Å². The molecule has 2 heteroatoms. The minimum Gasteiger partial charge on any atom is -0.330 e. The Bertz CT molecular complexity index is 322. The Balaban J connectivity index is 2.72. The van der Waals surface area contributed by atoms with Gasteiger partial charge < -0.3 is 5.73 Å². The Morgan fingerprint density at radius 3 is 2.47 bits per heavy atom. The number of hydrogen-bond acceptors (Lipinski definition) is 2. The van der Waals surface area contributed by atoms with Gasteiger partial charge in [0.25, 0.3) is 0 Å². The van der Waals surface area contributed by atoms with Crippen LogP contribution in [0.4, 0.5) is 0 Å². The first kappa shape index (κ1) is 14.2. The summed E-state index contributed by atoms with van der Waals surface area (Å²) in [7, 11) is 0. The fraction of sp³-hybridized carbons (Fsp3) is 0.600. The third-order valence-electron chi connectivity index (χ3n) is 3.53. The maximum Gasteiger partial charge on any atom is 0.0239 e. The highest BCUT2D eigenvalue weighted by molar-refractivity contribution is 5.25. The minimum atomic E-state index is 0.615. The smallest absolute Gasteiger partial charge is 0.0239 e. The second-order valence-corrected chi connectivity index (χ2v) is 4.63. The predicted octanol–water partition coefficient (Wildman–Crippen LogP) is 2.94. The number of benzene rings is 1. The maximum absolute atomic E-state index is 5.69. The molecule has 1 unspecified atom stereocenters. The van der Waals surface area contributed by atoms with E-state index in [1.807, 2.05) is 0 Å². The van der Waals surface area contributed by atoms with Crippen molar-refractivity contribution in [3.05, 3.63) is 35.4 Å². The number of aryl methyl sites for hydroxylation is 1. The first-order valence-corrected chi connectivity index (χ1v) is 6.71. The van der Waals surface area contributed by atoms with E-state index in [-0.39, 0.29) is 0 Å². The van der Waals surface area contributed by atoms with Gasteiger partial charge in [-0.15, -0.1) is 0 Å². The third kappa shape index (κ3) is 4.14. The van der Waals surface area contributed by atoms with Crippen molar-refractivity contribution >= 4 is 0 Å². The van der Waals surface area contributed by atoms with Gasteiger partial charge in [-0.1, -0.05) is 38.1 Å². The van der Waals surface area contributed by atoms with Gasteiger partial charge in [-0.05, 0) is 44.0 Å². The number of nitrogens with two attached hydrogens (primary N) is 1. The molecule has 0 spiro atoms. The van der Waals surface area contributed by atoms with Crippen molar-refractivity contribution in [3.8, 4) is 0 Å². The van der Waals surface area contributed by atoms with Crippen molar-refractivity contribution in [3.63, 3.8) is 0 Å². The Morgan fingerprint density at radius 1 is 1.24 bits per heavy atom. The van der Waals surface area contributed by atoms with E-state index in [1.165, 1.54) is 17.5 Å². The molecule has 96 valence electrons. The van der Waals surface area contributed by atoms with E-state index in [2.05, 4.69) is 49.9 Å². The molecular weight excluding hydrogens is 208 g/mol. The summed E-state index contributed by atoms with van der Waals surface area (Å²) in [5, 5.41) is 0. The van der Waals surface area contributed by atoms with Crippen LogP contribution in [0.25, 0.3) is 0 Å². The molecule has 2 N–H and O–H groups in total. The van der Waals surface area contributed by atoms with Gasteiger partial charge in [-0.3, -0.25) is 4.90 Å². The zero-order valence-electron chi connectivity index (χ0n) is 11.4. The van der Waals surface area contributed by atoms with Gasteiger partial charge in [0.2, 0.25) is 0 Å². The van der Waals surface area contributed by atoms with E-state index in [0.29, 0.717) is 6.04 Å². The molecule has 0 radical (unpaired) electrons. The van der Waals surface area contributed by atoms with E-state index in [4.69, 9.17) is 5.73 Å². The summed E-state index contributed by atoms with van der Waals surface area (Å²) in [6.07, 6.45) is 2.27. The molecule has 2 nitrogen and oxygen atoms in total. The first-order valence-electron chi connectivity index (χ1n) is 6.71. The summed E-state index contributed by atoms with van der Waals surface area (Å²) in [4.78, 5) is 2.54. The standard InChI is InChI=1S/C15H26N2/c1-4-15(10-11-16)17(5-2)12-14-9-7-6-8-13(14)3/h6-9,15H,4-5,10-12,16H2,1-3H3. The molecule has 0 aromatic heterocycles. The van der Waals surface area contributed by atoms with Gasteiger partial charge in [0.1, 0.15) is 0 Å². The largest absolute Gasteiger partial charge is 0.330 e. The summed E-state index contributed by atoms with van der Waals surface area (Å²) in [6.45, 7) is 9.59. The first-order chi connectivity index (χ1) is 8.22. The van der Waals surface area contributed by atoms with Gasteiger partial charge in [-0.25, -0.2) is 0 Å². The second-order valence-electron chi connectivity index (χ2n) is 4.63. The highest BCUT2D eigenvalue weighted by Gasteiger charge is 2.15. The molecule has 0 fully saturated rings. The average molecular weight is 234 g/mol. The zero-order chi connectivity index (χ0) is 12.7. The van der Waals surface area contributed by atoms with Crippen LogP contribution in [0.2, 0.25) is 0 Å². The number of hydrogen-bond donors (Lipinski definition) is 1. The average Bonchev–Trinajstić information content (AvgIpc) is 2.35. The molecule has 0 bridgehead atoms. The van der Waals surface area contributed by atoms with Crippen LogP contribution in [0.15, 0.2) is 24.3 Å². The molecule has 1 aromatic carbocycles. The normalized spacial score (nSPS) is 13.0. The van der Waals surface area contributed by atoms with Crippen LogP contribution >= 0.6 is 0 Å². The predicted molar refractivity (Wildman–Crippen MR) is 75.0 cm³/mol. The van der Waals surface area contributed by atoms with Gasteiger partial charge >= 0.3 is 0 Å². The van der Waals surface area contributed by atoms with E-state index >= 15 is 0 Å². The van der Waals surface area contributed by atoms with Crippen molar-refractivity contribution in [1.29, 1.82) is 0 Å². The van der Waals surface area contributed by atoms with E-state index < -0.39 is 0 Å². The summed E-state index contributed by atoms with van der Waals surface area (Å²) < 4.78 is 0. The molecular formula is C15H26N2. The zero-order valence-corrected chi connectivity index (χ0v) is 11.4. The summed E-state index contributed by atoms with van der Waals surface area (Å²) >= 11 is 0. The van der Waals surface area contributed by atoms with Crippen LogP contribution in [0.5, 0.6) is 0 Å².